The second-order valence-electron chi connectivity index (χ2n) is 3.23. The highest BCUT2D eigenvalue weighted by Gasteiger charge is 2.03. The van der Waals surface area contributed by atoms with Gasteiger partial charge in [0.25, 0.3) is 0 Å². The Kier molecular flexibility index (Phi) is 5.10. The number of hydrogen-bond acceptors (Lipinski definition) is 2. The third kappa shape index (κ3) is 3.70. The Bertz CT molecular complexity index is 304. The fourth-order valence-corrected chi connectivity index (χ4v) is 2.21. The lowest BCUT2D eigenvalue weighted by Gasteiger charge is -2.07. The van der Waals surface area contributed by atoms with Crippen molar-refractivity contribution < 1.29 is 0 Å². The highest BCUT2D eigenvalue weighted by atomic mass is 35.5. The number of thioether (sulfide) groups is 1. The third-order valence-electron chi connectivity index (χ3n) is 1.83. The molecule has 0 aliphatic heterocycles. The average molecular weight is 250 g/mol. The molecule has 78 valence electrons. The molecule has 1 aromatic carbocycles. The van der Waals surface area contributed by atoms with Crippen molar-refractivity contribution in [2.75, 3.05) is 12.3 Å². The van der Waals surface area contributed by atoms with E-state index in [2.05, 4.69) is 6.92 Å². The van der Waals surface area contributed by atoms with Crippen molar-refractivity contribution in [1.82, 2.24) is 0 Å². The zero-order valence-corrected chi connectivity index (χ0v) is 10.3. The van der Waals surface area contributed by atoms with Crippen molar-refractivity contribution in [3.8, 4) is 0 Å². The standard InChI is InChI=1S/C10H13Cl2NS/c1-7(5-13)6-14-8-2-3-9(11)10(12)4-8/h2-4,7H,5-6,13H2,1H3. The minimum atomic E-state index is 0.523. The second-order valence-corrected chi connectivity index (χ2v) is 5.14. The first-order chi connectivity index (χ1) is 6.63. The van der Waals surface area contributed by atoms with Crippen molar-refractivity contribution in [3.63, 3.8) is 0 Å². The highest BCUT2D eigenvalue weighted by molar-refractivity contribution is 7.99. The fraction of sp³-hybridized carbons (Fsp3) is 0.400. The number of halogens is 2. The first-order valence-electron chi connectivity index (χ1n) is 4.41. The fourth-order valence-electron chi connectivity index (χ4n) is 0.873. The molecule has 0 radical (unpaired) electrons. The summed E-state index contributed by atoms with van der Waals surface area (Å²) in [5.41, 5.74) is 5.53. The van der Waals surface area contributed by atoms with Gasteiger partial charge >= 0.3 is 0 Å². The lowest BCUT2D eigenvalue weighted by molar-refractivity contribution is 0.675. The van der Waals surface area contributed by atoms with E-state index in [1.807, 2.05) is 18.2 Å². The number of hydrogen-bond donors (Lipinski definition) is 1. The summed E-state index contributed by atoms with van der Waals surface area (Å²) in [6.07, 6.45) is 0. The predicted octanol–water partition coefficient (Wildman–Crippen LogP) is 3.68. The molecule has 0 aromatic heterocycles. The van der Waals surface area contributed by atoms with Crippen molar-refractivity contribution in [2.24, 2.45) is 11.7 Å². The van der Waals surface area contributed by atoms with Crippen LogP contribution >= 0.6 is 35.0 Å². The Balaban J connectivity index is 2.55. The van der Waals surface area contributed by atoms with E-state index in [1.54, 1.807) is 11.8 Å². The zero-order valence-electron chi connectivity index (χ0n) is 7.97. The van der Waals surface area contributed by atoms with Crippen molar-refractivity contribution in [3.05, 3.63) is 28.2 Å². The van der Waals surface area contributed by atoms with Gasteiger partial charge in [-0.05, 0) is 30.7 Å². The van der Waals surface area contributed by atoms with Crippen LogP contribution in [0.15, 0.2) is 23.1 Å². The molecule has 0 spiro atoms. The lowest BCUT2D eigenvalue weighted by Crippen LogP contribution is -2.12. The molecule has 0 saturated heterocycles. The van der Waals surface area contributed by atoms with E-state index in [9.17, 15) is 0 Å². The van der Waals surface area contributed by atoms with Crippen LogP contribution < -0.4 is 5.73 Å². The topological polar surface area (TPSA) is 26.0 Å². The molecule has 1 unspecified atom stereocenters. The molecule has 0 aliphatic rings. The van der Waals surface area contributed by atoms with E-state index < -0.39 is 0 Å². The maximum Gasteiger partial charge on any atom is 0.0603 e. The van der Waals surface area contributed by atoms with Crippen LogP contribution in [-0.4, -0.2) is 12.3 Å². The maximum atomic E-state index is 5.89. The summed E-state index contributed by atoms with van der Waals surface area (Å²) >= 11 is 13.5. The molecule has 0 amide bonds. The second kappa shape index (κ2) is 5.86. The molecule has 14 heavy (non-hydrogen) atoms. The van der Waals surface area contributed by atoms with Gasteiger partial charge in [-0.2, -0.15) is 0 Å². The van der Waals surface area contributed by atoms with Gasteiger partial charge in [0.15, 0.2) is 0 Å². The third-order valence-corrected chi connectivity index (χ3v) is 3.89. The molecule has 2 N–H and O–H groups in total. The molecule has 4 heteroatoms. The summed E-state index contributed by atoms with van der Waals surface area (Å²) in [6, 6.07) is 5.68. The van der Waals surface area contributed by atoms with Crippen LogP contribution in [0.1, 0.15) is 6.92 Å². The Hall–Kier alpha value is 0.110. The smallest absolute Gasteiger partial charge is 0.0603 e. The SMILES string of the molecule is CC(CN)CSc1ccc(Cl)c(Cl)c1. The quantitative estimate of drug-likeness (QED) is 0.825. The molecule has 0 saturated carbocycles. The normalized spacial score (nSPS) is 12.9. The Morgan fingerprint density at radius 2 is 2.07 bits per heavy atom. The van der Waals surface area contributed by atoms with Gasteiger partial charge < -0.3 is 5.73 Å². The summed E-state index contributed by atoms with van der Waals surface area (Å²) in [5.74, 6) is 1.53. The summed E-state index contributed by atoms with van der Waals surface area (Å²) < 4.78 is 0. The molecule has 0 bridgehead atoms. The number of nitrogens with two attached hydrogens (primary N) is 1. The molecule has 1 rings (SSSR count). The summed E-state index contributed by atoms with van der Waals surface area (Å²) in [6.45, 7) is 2.85. The van der Waals surface area contributed by atoms with E-state index in [4.69, 9.17) is 28.9 Å². The largest absolute Gasteiger partial charge is 0.330 e. The molecule has 1 nitrogen and oxygen atoms in total. The number of benzene rings is 1. The molecular weight excluding hydrogens is 237 g/mol. The first kappa shape index (κ1) is 12.2. The minimum Gasteiger partial charge on any atom is -0.330 e. The van der Waals surface area contributed by atoms with E-state index in [0.717, 1.165) is 10.6 Å². The van der Waals surface area contributed by atoms with Crippen LogP contribution in [0, 0.1) is 5.92 Å². The van der Waals surface area contributed by atoms with Crippen LogP contribution in [0.2, 0.25) is 10.0 Å². The van der Waals surface area contributed by atoms with Crippen LogP contribution in [0.4, 0.5) is 0 Å². The molecule has 0 fully saturated rings. The molecule has 0 aliphatic carbocycles. The van der Waals surface area contributed by atoms with Crippen LogP contribution in [0.5, 0.6) is 0 Å². The van der Waals surface area contributed by atoms with Crippen LogP contribution in [-0.2, 0) is 0 Å². The Morgan fingerprint density at radius 1 is 1.36 bits per heavy atom. The van der Waals surface area contributed by atoms with Crippen LogP contribution in [0.3, 0.4) is 0 Å². The van der Waals surface area contributed by atoms with E-state index >= 15 is 0 Å². The highest BCUT2D eigenvalue weighted by Crippen LogP contribution is 2.28. The summed E-state index contributed by atoms with van der Waals surface area (Å²) in [4.78, 5) is 1.14. The van der Waals surface area contributed by atoms with Gasteiger partial charge in [0.2, 0.25) is 0 Å². The van der Waals surface area contributed by atoms with Gasteiger partial charge in [-0.15, -0.1) is 11.8 Å². The Labute approximate surface area is 99.0 Å². The number of rotatable bonds is 4. The zero-order chi connectivity index (χ0) is 10.6. The average Bonchev–Trinajstić information content (AvgIpc) is 2.19. The van der Waals surface area contributed by atoms with Crippen molar-refractivity contribution >= 4 is 35.0 Å². The van der Waals surface area contributed by atoms with Gasteiger partial charge in [-0.3, -0.25) is 0 Å². The van der Waals surface area contributed by atoms with Gasteiger partial charge in [-0.1, -0.05) is 30.1 Å². The van der Waals surface area contributed by atoms with E-state index in [1.165, 1.54) is 0 Å². The lowest BCUT2D eigenvalue weighted by atomic mass is 10.2. The van der Waals surface area contributed by atoms with Gasteiger partial charge in [0.1, 0.15) is 0 Å². The molecule has 1 aromatic rings. The monoisotopic (exact) mass is 249 g/mol. The first-order valence-corrected chi connectivity index (χ1v) is 6.15. The predicted molar refractivity (Wildman–Crippen MR) is 65.4 cm³/mol. The molecule has 1 atom stereocenters. The van der Waals surface area contributed by atoms with Gasteiger partial charge in [-0.25, -0.2) is 0 Å². The van der Waals surface area contributed by atoms with Gasteiger partial charge in [0.05, 0.1) is 10.0 Å². The van der Waals surface area contributed by atoms with E-state index in [-0.39, 0.29) is 0 Å². The molecule has 0 heterocycles. The molecular formula is C10H13Cl2NS. The maximum absolute atomic E-state index is 5.89. The van der Waals surface area contributed by atoms with Crippen LogP contribution in [0.25, 0.3) is 0 Å². The van der Waals surface area contributed by atoms with Gasteiger partial charge in [0, 0.05) is 10.6 Å². The minimum absolute atomic E-state index is 0.523. The van der Waals surface area contributed by atoms with Crippen molar-refractivity contribution in [1.29, 1.82) is 0 Å². The van der Waals surface area contributed by atoms with Crippen molar-refractivity contribution in [2.45, 2.75) is 11.8 Å². The summed E-state index contributed by atoms with van der Waals surface area (Å²) in [7, 11) is 0. The van der Waals surface area contributed by atoms with E-state index in [0.29, 0.717) is 22.5 Å². The Morgan fingerprint density at radius 3 is 2.64 bits per heavy atom. The summed E-state index contributed by atoms with van der Waals surface area (Å²) in [5, 5.41) is 1.21.